The number of ether oxygens (including phenoxy) is 7. The number of hydrogen-bond acceptors (Lipinski definition) is 7. The van der Waals surface area contributed by atoms with Crippen molar-refractivity contribution >= 4 is 0 Å². The topological polar surface area (TPSA) is 64.6 Å². The molecule has 0 aliphatic rings. The molecule has 0 bridgehead atoms. The first-order valence-corrected chi connectivity index (χ1v) is 20.5. The van der Waals surface area contributed by atoms with Crippen LogP contribution < -0.4 is 0 Å². The molecular weight excluding hydrogens is 616 g/mol. The van der Waals surface area contributed by atoms with Crippen LogP contribution in [0.25, 0.3) is 0 Å². The van der Waals surface area contributed by atoms with E-state index in [2.05, 4.69) is 13.8 Å². The maximum Gasteiger partial charge on any atom is 0.159 e. The highest BCUT2D eigenvalue weighted by molar-refractivity contribution is 5.02. The normalized spacial score (nSPS) is 12.5. The van der Waals surface area contributed by atoms with Crippen LogP contribution in [0.15, 0.2) is 23.0 Å². The Balaban J connectivity index is 4.00. The summed E-state index contributed by atoms with van der Waals surface area (Å²) >= 11 is 0. The SMILES string of the molecule is CCCCCCCCCCCCCCCC(OC)=C(COCOCOCC(OC)=C(CCCCCCCCCCCCCCC)OC)OC. The molecule has 292 valence electrons. The van der Waals surface area contributed by atoms with Crippen LogP contribution in [0.2, 0.25) is 0 Å². The van der Waals surface area contributed by atoms with Crippen molar-refractivity contribution in [2.24, 2.45) is 0 Å². The van der Waals surface area contributed by atoms with Crippen LogP contribution in [-0.2, 0) is 33.2 Å². The van der Waals surface area contributed by atoms with E-state index in [1.54, 1.807) is 28.4 Å². The minimum absolute atomic E-state index is 0.102. The first-order chi connectivity index (χ1) is 24.2. The van der Waals surface area contributed by atoms with E-state index in [0.29, 0.717) is 24.7 Å². The smallest absolute Gasteiger partial charge is 0.159 e. The summed E-state index contributed by atoms with van der Waals surface area (Å²) in [7, 11) is 6.73. The van der Waals surface area contributed by atoms with Gasteiger partial charge in [0.05, 0.1) is 28.4 Å². The molecule has 7 heteroatoms. The quantitative estimate of drug-likeness (QED) is 0.0358. The van der Waals surface area contributed by atoms with E-state index in [9.17, 15) is 0 Å². The van der Waals surface area contributed by atoms with Gasteiger partial charge in [-0.2, -0.15) is 0 Å². The van der Waals surface area contributed by atoms with Crippen molar-refractivity contribution in [3.8, 4) is 0 Å². The summed E-state index contributed by atoms with van der Waals surface area (Å²) in [6.07, 6.45) is 36.6. The van der Waals surface area contributed by atoms with E-state index in [4.69, 9.17) is 33.2 Å². The van der Waals surface area contributed by atoms with Gasteiger partial charge in [0, 0.05) is 12.8 Å². The maximum atomic E-state index is 5.69. The second kappa shape index (κ2) is 39.3. The summed E-state index contributed by atoms with van der Waals surface area (Å²) in [6, 6.07) is 0. The van der Waals surface area contributed by atoms with Gasteiger partial charge in [0.25, 0.3) is 0 Å². The Morgan fingerprint density at radius 3 is 0.776 bits per heavy atom. The van der Waals surface area contributed by atoms with Crippen molar-refractivity contribution < 1.29 is 33.2 Å². The Bertz CT molecular complexity index is 677. The summed E-state index contributed by atoms with van der Waals surface area (Å²) in [4.78, 5) is 0. The van der Waals surface area contributed by atoms with Crippen molar-refractivity contribution in [1.82, 2.24) is 0 Å². The number of unbranched alkanes of at least 4 members (excludes halogenated alkanes) is 24. The molecule has 0 saturated heterocycles. The molecule has 0 unspecified atom stereocenters. The summed E-state index contributed by atoms with van der Waals surface area (Å²) in [6.45, 7) is 5.36. The number of methoxy groups -OCH3 is 4. The fourth-order valence-electron chi connectivity index (χ4n) is 6.24. The van der Waals surface area contributed by atoms with Crippen LogP contribution in [0, 0.1) is 0 Å². The molecule has 49 heavy (non-hydrogen) atoms. The summed E-state index contributed by atoms with van der Waals surface area (Å²) < 4.78 is 39.3. The summed E-state index contributed by atoms with van der Waals surface area (Å²) in [5.74, 6) is 3.14. The van der Waals surface area contributed by atoms with E-state index >= 15 is 0 Å². The van der Waals surface area contributed by atoms with Crippen LogP contribution in [0.4, 0.5) is 0 Å². The molecule has 0 spiro atoms. The highest BCUT2D eigenvalue weighted by Gasteiger charge is 2.11. The van der Waals surface area contributed by atoms with Gasteiger partial charge >= 0.3 is 0 Å². The van der Waals surface area contributed by atoms with Crippen LogP contribution in [0.3, 0.4) is 0 Å². The van der Waals surface area contributed by atoms with E-state index in [0.717, 1.165) is 37.2 Å². The average molecular weight is 699 g/mol. The molecule has 0 aliphatic heterocycles. The summed E-state index contributed by atoms with van der Waals surface area (Å²) in [5.41, 5.74) is 0. The minimum atomic E-state index is 0.102. The molecule has 0 saturated carbocycles. The van der Waals surface area contributed by atoms with Crippen molar-refractivity contribution in [1.29, 1.82) is 0 Å². The molecule has 0 amide bonds. The highest BCUT2D eigenvalue weighted by Crippen LogP contribution is 2.19. The zero-order valence-corrected chi connectivity index (χ0v) is 33.5. The lowest BCUT2D eigenvalue weighted by Gasteiger charge is -2.15. The van der Waals surface area contributed by atoms with Crippen molar-refractivity contribution in [3.63, 3.8) is 0 Å². The largest absolute Gasteiger partial charge is 0.498 e. The monoisotopic (exact) mass is 699 g/mol. The molecule has 0 atom stereocenters. The zero-order chi connectivity index (χ0) is 35.9. The Kier molecular flexibility index (Phi) is 38.2. The van der Waals surface area contributed by atoms with Gasteiger partial charge in [0.1, 0.15) is 38.3 Å². The lowest BCUT2D eigenvalue weighted by Crippen LogP contribution is -2.12. The molecule has 0 aromatic carbocycles. The summed E-state index contributed by atoms with van der Waals surface area (Å²) in [5, 5.41) is 0. The molecule has 0 aromatic heterocycles. The fourth-order valence-corrected chi connectivity index (χ4v) is 6.24. The third-order valence-electron chi connectivity index (χ3n) is 9.42. The third-order valence-corrected chi connectivity index (χ3v) is 9.42. The Labute approximate surface area is 304 Å². The van der Waals surface area contributed by atoms with Crippen LogP contribution >= 0.6 is 0 Å². The van der Waals surface area contributed by atoms with Crippen LogP contribution in [-0.4, -0.2) is 55.2 Å². The van der Waals surface area contributed by atoms with Gasteiger partial charge in [-0.1, -0.05) is 168 Å². The second-order valence-electron chi connectivity index (χ2n) is 13.6. The van der Waals surface area contributed by atoms with E-state index in [1.807, 2.05) is 0 Å². The molecule has 0 heterocycles. The Morgan fingerprint density at radius 1 is 0.286 bits per heavy atom. The van der Waals surface area contributed by atoms with Gasteiger partial charge in [0.15, 0.2) is 11.5 Å². The van der Waals surface area contributed by atoms with Gasteiger partial charge in [-0.25, -0.2) is 0 Å². The van der Waals surface area contributed by atoms with Gasteiger partial charge in [0.2, 0.25) is 0 Å². The zero-order valence-electron chi connectivity index (χ0n) is 33.5. The van der Waals surface area contributed by atoms with Crippen LogP contribution in [0.1, 0.15) is 194 Å². The number of hydrogen-bond donors (Lipinski definition) is 0. The van der Waals surface area contributed by atoms with E-state index < -0.39 is 0 Å². The lowest BCUT2D eigenvalue weighted by atomic mass is 10.0. The maximum absolute atomic E-state index is 5.69. The van der Waals surface area contributed by atoms with Crippen LogP contribution in [0.5, 0.6) is 0 Å². The third kappa shape index (κ3) is 31.1. The predicted molar refractivity (Wildman–Crippen MR) is 205 cm³/mol. The second-order valence-corrected chi connectivity index (χ2v) is 13.6. The average Bonchev–Trinajstić information content (AvgIpc) is 3.12. The van der Waals surface area contributed by atoms with Crippen molar-refractivity contribution in [3.05, 3.63) is 23.0 Å². The standard InChI is InChI=1S/C42H82O7/c1-7-9-11-13-15-17-19-21-23-25-27-29-31-33-39(43-3)41(45-5)35-47-37-49-38-48-36-42(46-6)40(44-4)34-32-30-28-26-24-22-20-18-16-14-12-10-8-2/h7-38H2,1-6H3. The molecular formula is C42H82O7. The van der Waals surface area contributed by atoms with Gasteiger partial charge in [-0.15, -0.1) is 0 Å². The van der Waals surface area contributed by atoms with E-state index in [1.165, 1.54) is 154 Å². The molecule has 0 radical (unpaired) electrons. The van der Waals surface area contributed by atoms with Gasteiger partial charge in [-0.05, 0) is 12.8 Å². The lowest BCUT2D eigenvalue weighted by molar-refractivity contribution is -0.130. The first kappa shape index (κ1) is 47.6. The Morgan fingerprint density at radius 2 is 0.531 bits per heavy atom. The fraction of sp³-hybridized carbons (Fsp3) is 0.905. The molecule has 0 fully saturated rings. The molecule has 0 rings (SSSR count). The van der Waals surface area contributed by atoms with Crippen molar-refractivity contribution in [2.75, 3.05) is 55.2 Å². The van der Waals surface area contributed by atoms with Gasteiger partial charge in [-0.3, -0.25) is 0 Å². The molecule has 0 aromatic rings. The van der Waals surface area contributed by atoms with Gasteiger partial charge < -0.3 is 33.2 Å². The minimum Gasteiger partial charge on any atom is -0.498 e. The predicted octanol–water partition coefficient (Wildman–Crippen LogP) is 12.9. The number of rotatable bonds is 40. The van der Waals surface area contributed by atoms with E-state index in [-0.39, 0.29) is 13.6 Å². The molecule has 7 nitrogen and oxygen atoms in total. The van der Waals surface area contributed by atoms with Crippen molar-refractivity contribution in [2.45, 2.75) is 194 Å². The molecule has 0 N–H and O–H groups in total. The Hall–Kier alpha value is -1.44. The number of allylic oxidation sites excluding steroid dienone is 2. The highest BCUT2D eigenvalue weighted by atomic mass is 16.7. The first-order valence-electron chi connectivity index (χ1n) is 20.5. The molecule has 0 aliphatic carbocycles.